The zero-order valence-electron chi connectivity index (χ0n) is 9.80. The van der Waals surface area contributed by atoms with E-state index in [4.69, 9.17) is 5.73 Å². The Kier molecular flexibility index (Phi) is 3.47. The molecule has 2 rings (SSSR count). The van der Waals surface area contributed by atoms with E-state index in [0.717, 1.165) is 18.2 Å². The molecule has 8 heteroatoms. The van der Waals surface area contributed by atoms with Gasteiger partial charge in [-0.2, -0.15) is 13.2 Å². The van der Waals surface area contributed by atoms with Crippen molar-refractivity contribution in [3.8, 4) is 0 Å². The predicted octanol–water partition coefficient (Wildman–Crippen LogP) is 3.70. The van der Waals surface area contributed by atoms with Crippen molar-refractivity contribution >= 4 is 17.3 Å². The fourth-order valence-electron chi connectivity index (χ4n) is 1.52. The second-order valence-electron chi connectivity index (χ2n) is 3.89. The summed E-state index contributed by atoms with van der Waals surface area (Å²) in [5, 5.41) is 2.15. The molecule has 0 aliphatic rings. The first-order valence-electron chi connectivity index (χ1n) is 5.33. The van der Waals surface area contributed by atoms with Crippen LogP contribution in [0, 0.1) is 11.6 Å². The van der Waals surface area contributed by atoms with E-state index in [0.29, 0.717) is 12.1 Å². The van der Waals surface area contributed by atoms with Crippen LogP contribution in [0.5, 0.6) is 0 Å². The molecule has 0 unspecified atom stereocenters. The molecule has 106 valence electrons. The van der Waals surface area contributed by atoms with Gasteiger partial charge >= 0.3 is 6.18 Å². The van der Waals surface area contributed by atoms with Crippen molar-refractivity contribution in [1.29, 1.82) is 0 Å². The Morgan fingerprint density at radius 1 is 1.05 bits per heavy atom. The van der Waals surface area contributed by atoms with Gasteiger partial charge in [0.15, 0.2) is 0 Å². The van der Waals surface area contributed by atoms with Gasteiger partial charge in [0.1, 0.15) is 29.0 Å². The summed E-state index contributed by atoms with van der Waals surface area (Å²) in [5.74, 6) is -2.73. The number of hydrogen-bond acceptors (Lipinski definition) is 3. The molecule has 2 aromatic rings. The zero-order chi connectivity index (χ0) is 14.9. The summed E-state index contributed by atoms with van der Waals surface area (Å²) in [4.78, 5) is 3.56. The summed E-state index contributed by atoms with van der Waals surface area (Å²) in [6.45, 7) is 0. The highest BCUT2D eigenvalue weighted by Crippen LogP contribution is 2.32. The Balaban J connectivity index is 2.42. The maximum Gasteiger partial charge on any atom is 0.416 e. The van der Waals surface area contributed by atoms with Gasteiger partial charge in [0.05, 0.1) is 5.56 Å². The van der Waals surface area contributed by atoms with Crippen molar-refractivity contribution in [2.24, 2.45) is 0 Å². The van der Waals surface area contributed by atoms with E-state index in [1.54, 1.807) is 0 Å². The van der Waals surface area contributed by atoms with E-state index in [1.165, 1.54) is 0 Å². The van der Waals surface area contributed by atoms with Crippen LogP contribution >= 0.6 is 0 Å². The molecule has 0 fully saturated rings. The van der Waals surface area contributed by atoms with Crippen LogP contribution in [-0.2, 0) is 6.18 Å². The molecule has 1 aromatic heterocycles. The summed E-state index contributed by atoms with van der Waals surface area (Å²) in [5.41, 5.74) is 3.58. The minimum absolute atomic E-state index is 0.402. The number of benzene rings is 1. The number of nitrogens with one attached hydrogen (secondary N) is 1. The first-order valence-corrected chi connectivity index (χ1v) is 5.33. The Morgan fingerprint density at radius 2 is 1.65 bits per heavy atom. The van der Waals surface area contributed by atoms with Crippen molar-refractivity contribution in [2.45, 2.75) is 6.18 Å². The van der Waals surface area contributed by atoms with Crippen molar-refractivity contribution in [3.05, 3.63) is 47.5 Å². The van der Waals surface area contributed by atoms with Crippen molar-refractivity contribution in [1.82, 2.24) is 4.98 Å². The highest BCUT2D eigenvalue weighted by molar-refractivity contribution is 5.60. The van der Waals surface area contributed by atoms with Crippen molar-refractivity contribution < 1.29 is 22.0 Å². The third-order valence-electron chi connectivity index (χ3n) is 2.39. The van der Waals surface area contributed by atoms with Gasteiger partial charge in [-0.15, -0.1) is 0 Å². The maximum absolute atomic E-state index is 13.4. The van der Waals surface area contributed by atoms with Crippen LogP contribution < -0.4 is 11.1 Å². The smallest absolute Gasteiger partial charge is 0.384 e. The summed E-state index contributed by atoms with van der Waals surface area (Å²) >= 11 is 0. The third kappa shape index (κ3) is 2.95. The number of nitrogens with two attached hydrogens (primary N) is 1. The third-order valence-corrected chi connectivity index (χ3v) is 2.39. The average Bonchev–Trinajstić information content (AvgIpc) is 2.32. The Bertz CT molecular complexity index is 619. The van der Waals surface area contributed by atoms with Gasteiger partial charge in [-0.1, -0.05) is 6.07 Å². The number of nitrogens with zero attached hydrogens (tertiary/aromatic N) is 1. The SMILES string of the molecule is Nc1cc(C(F)(F)F)cc(Nc2c(F)cccc2F)n1. The first kappa shape index (κ1) is 14.0. The maximum atomic E-state index is 13.4. The van der Waals surface area contributed by atoms with Gasteiger partial charge < -0.3 is 11.1 Å². The van der Waals surface area contributed by atoms with Gasteiger partial charge in [-0.3, -0.25) is 0 Å². The van der Waals surface area contributed by atoms with Crippen molar-refractivity contribution in [3.63, 3.8) is 0 Å². The lowest BCUT2D eigenvalue weighted by Crippen LogP contribution is -2.09. The molecule has 0 saturated heterocycles. The molecule has 3 nitrogen and oxygen atoms in total. The fraction of sp³-hybridized carbons (Fsp3) is 0.0833. The molecule has 20 heavy (non-hydrogen) atoms. The average molecular weight is 289 g/mol. The number of alkyl halides is 3. The van der Waals surface area contributed by atoms with Crippen LogP contribution in [0.15, 0.2) is 30.3 Å². The Hall–Kier alpha value is -2.38. The van der Waals surface area contributed by atoms with Crippen LogP contribution in [0.25, 0.3) is 0 Å². The lowest BCUT2D eigenvalue weighted by atomic mass is 10.2. The standard InChI is InChI=1S/C12H8F5N3/c13-7-2-1-3-8(14)11(7)20-10-5-6(12(15,16)17)4-9(18)19-10/h1-5H,(H3,18,19,20). The summed E-state index contributed by atoms with van der Waals surface area (Å²) in [6, 6.07) is 4.29. The van der Waals surface area contributed by atoms with E-state index in [2.05, 4.69) is 10.3 Å². The number of rotatable bonds is 2. The molecule has 0 bridgehead atoms. The van der Waals surface area contributed by atoms with Gasteiger partial charge in [-0.05, 0) is 24.3 Å². The van der Waals surface area contributed by atoms with E-state index in [9.17, 15) is 22.0 Å². The molecule has 1 heterocycles. The quantitative estimate of drug-likeness (QED) is 0.829. The first-order chi connectivity index (χ1) is 9.27. The van der Waals surface area contributed by atoms with Crippen LogP contribution in [0.1, 0.15) is 5.56 Å². The molecule has 0 atom stereocenters. The van der Waals surface area contributed by atoms with E-state index >= 15 is 0 Å². The zero-order valence-corrected chi connectivity index (χ0v) is 9.80. The molecule has 0 radical (unpaired) electrons. The monoisotopic (exact) mass is 289 g/mol. The normalized spacial score (nSPS) is 11.4. The van der Waals surface area contributed by atoms with Crippen molar-refractivity contribution in [2.75, 3.05) is 11.1 Å². The van der Waals surface area contributed by atoms with Gasteiger partial charge in [-0.25, -0.2) is 13.8 Å². The van der Waals surface area contributed by atoms with E-state index < -0.39 is 40.7 Å². The van der Waals surface area contributed by atoms with E-state index in [-0.39, 0.29) is 0 Å². The number of pyridine rings is 1. The minimum Gasteiger partial charge on any atom is -0.384 e. The largest absolute Gasteiger partial charge is 0.416 e. The van der Waals surface area contributed by atoms with Crippen LogP contribution in [0.4, 0.5) is 39.3 Å². The molecule has 3 N–H and O–H groups in total. The lowest BCUT2D eigenvalue weighted by molar-refractivity contribution is -0.137. The molecule has 0 aliphatic heterocycles. The second-order valence-corrected chi connectivity index (χ2v) is 3.89. The highest BCUT2D eigenvalue weighted by Gasteiger charge is 2.31. The van der Waals surface area contributed by atoms with E-state index in [1.807, 2.05) is 0 Å². The summed E-state index contributed by atoms with van der Waals surface area (Å²) < 4.78 is 64.5. The second kappa shape index (κ2) is 4.95. The minimum atomic E-state index is -4.64. The van der Waals surface area contributed by atoms with Gasteiger partial charge in [0.25, 0.3) is 0 Å². The molecular weight excluding hydrogens is 281 g/mol. The van der Waals surface area contributed by atoms with Crippen LogP contribution in [0.2, 0.25) is 0 Å². The summed E-state index contributed by atoms with van der Waals surface area (Å²) in [6.07, 6.45) is -4.64. The number of hydrogen-bond donors (Lipinski definition) is 2. The fourth-order valence-corrected chi connectivity index (χ4v) is 1.52. The topological polar surface area (TPSA) is 50.9 Å². The molecule has 0 amide bonds. The molecular formula is C12H8F5N3. The summed E-state index contributed by atoms with van der Waals surface area (Å²) in [7, 11) is 0. The molecule has 0 spiro atoms. The molecule has 0 aliphatic carbocycles. The molecule has 1 aromatic carbocycles. The number of halogens is 5. The van der Waals surface area contributed by atoms with Gasteiger partial charge in [0, 0.05) is 0 Å². The lowest BCUT2D eigenvalue weighted by Gasteiger charge is -2.12. The van der Waals surface area contributed by atoms with Gasteiger partial charge in [0.2, 0.25) is 0 Å². The molecule has 0 saturated carbocycles. The predicted molar refractivity (Wildman–Crippen MR) is 63.3 cm³/mol. The Labute approximate surface area is 110 Å². The number of para-hydroxylation sites is 1. The van der Waals surface area contributed by atoms with Crippen LogP contribution in [0.3, 0.4) is 0 Å². The number of nitrogen functional groups attached to an aromatic ring is 1. The Morgan fingerprint density at radius 3 is 2.20 bits per heavy atom. The number of anilines is 3. The number of aromatic nitrogens is 1. The van der Waals surface area contributed by atoms with Crippen LogP contribution in [-0.4, -0.2) is 4.98 Å². The highest BCUT2D eigenvalue weighted by atomic mass is 19.4.